The second-order valence-electron chi connectivity index (χ2n) is 6.34. The van der Waals surface area contributed by atoms with Crippen molar-refractivity contribution in [1.82, 2.24) is 5.32 Å². The molecule has 0 aromatic heterocycles. The summed E-state index contributed by atoms with van der Waals surface area (Å²) in [6, 6.07) is 15.1. The van der Waals surface area contributed by atoms with Gasteiger partial charge in [-0.25, -0.2) is 8.42 Å². The van der Waals surface area contributed by atoms with Crippen LogP contribution in [0, 0.1) is 0 Å². The van der Waals surface area contributed by atoms with Crippen molar-refractivity contribution in [2.75, 3.05) is 10.6 Å². The zero-order chi connectivity index (χ0) is 20.0. The van der Waals surface area contributed by atoms with E-state index in [1.54, 1.807) is 31.2 Å². The van der Waals surface area contributed by atoms with E-state index in [1.165, 1.54) is 0 Å². The van der Waals surface area contributed by atoms with E-state index in [1.807, 2.05) is 37.3 Å². The summed E-state index contributed by atoms with van der Waals surface area (Å²) in [6.07, 6.45) is 2.12. The summed E-state index contributed by atoms with van der Waals surface area (Å²) in [4.78, 5) is 13.0. The fourth-order valence-corrected chi connectivity index (χ4v) is 4.44. The Labute approximate surface area is 166 Å². The van der Waals surface area contributed by atoms with Gasteiger partial charge in [0.2, 0.25) is 15.9 Å². The lowest BCUT2D eigenvalue weighted by atomic mass is 10.0. The molecule has 146 valence electrons. The molecule has 0 heterocycles. The largest absolute Gasteiger partial charge is 0.347 e. The molecule has 0 saturated carbocycles. The maximum absolute atomic E-state index is 13.0. The number of carbonyl (C=O) groups is 1. The molecule has 0 fully saturated rings. The predicted molar refractivity (Wildman–Crippen MR) is 110 cm³/mol. The van der Waals surface area contributed by atoms with Gasteiger partial charge in [0, 0.05) is 5.02 Å². The molecule has 2 atom stereocenters. The third-order valence-electron chi connectivity index (χ3n) is 4.32. The smallest absolute Gasteiger partial charge is 0.244 e. The van der Waals surface area contributed by atoms with Crippen LogP contribution in [0.2, 0.25) is 5.02 Å². The third-order valence-corrected chi connectivity index (χ3v) is 5.73. The number of nitrogens with one attached hydrogen (secondary N) is 1. The first-order valence-electron chi connectivity index (χ1n) is 8.88. The minimum absolute atomic E-state index is 0.187. The molecule has 0 spiro atoms. The van der Waals surface area contributed by atoms with E-state index in [4.69, 9.17) is 11.6 Å². The molecular formula is C20H25ClN2O3S. The third kappa shape index (κ3) is 5.47. The van der Waals surface area contributed by atoms with E-state index in [0.29, 0.717) is 23.6 Å². The monoisotopic (exact) mass is 408 g/mol. The zero-order valence-electron chi connectivity index (χ0n) is 15.7. The highest BCUT2D eigenvalue weighted by Gasteiger charge is 2.32. The van der Waals surface area contributed by atoms with Gasteiger partial charge in [-0.15, -0.1) is 0 Å². The van der Waals surface area contributed by atoms with Gasteiger partial charge in [-0.3, -0.25) is 9.10 Å². The number of anilines is 1. The summed E-state index contributed by atoms with van der Waals surface area (Å²) in [5.74, 6) is -0.335. The van der Waals surface area contributed by atoms with Crippen molar-refractivity contribution in [3.63, 3.8) is 0 Å². The van der Waals surface area contributed by atoms with Crippen LogP contribution in [0.3, 0.4) is 0 Å². The van der Waals surface area contributed by atoms with Crippen molar-refractivity contribution in [3.05, 3.63) is 65.2 Å². The lowest BCUT2D eigenvalue weighted by molar-refractivity contribution is -0.123. The first-order chi connectivity index (χ1) is 12.8. The topological polar surface area (TPSA) is 66.5 Å². The second kappa shape index (κ2) is 9.24. The fourth-order valence-electron chi connectivity index (χ4n) is 3.05. The summed E-state index contributed by atoms with van der Waals surface area (Å²) in [5, 5.41) is 3.40. The van der Waals surface area contributed by atoms with E-state index in [0.717, 1.165) is 16.1 Å². The summed E-state index contributed by atoms with van der Waals surface area (Å²) in [6.45, 7) is 3.76. The molecule has 0 aliphatic rings. The van der Waals surface area contributed by atoms with Crippen molar-refractivity contribution in [1.29, 1.82) is 0 Å². The van der Waals surface area contributed by atoms with Crippen LogP contribution in [0.5, 0.6) is 0 Å². The molecule has 1 N–H and O–H groups in total. The molecule has 27 heavy (non-hydrogen) atoms. The number of amides is 1. The maximum Gasteiger partial charge on any atom is 0.244 e. The van der Waals surface area contributed by atoms with E-state index >= 15 is 0 Å². The van der Waals surface area contributed by atoms with E-state index in [-0.39, 0.29) is 11.9 Å². The molecule has 2 aromatic rings. The van der Waals surface area contributed by atoms with Crippen LogP contribution < -0.4 is 9.62 Å². The van der Waals surface area contributed by atoms with Gasteiger partial charge in [0.15, 0.2) is 0 Å². The molecular weight excluding hydrogens is 384 g/mol. The molecule has 0 unspecified atom stereocenters. The standard InChI is InChI=1S/C20H25ClN2O3S/c1-4-18(15-10-7-6-8-11-15)22-20(24)19(5-2)23(27(3,25)26)17-13-9-12-16(21)14-17/h6-14,18-19H,4-5H2,1-3H3,(H,22,24)/t18-,19+/m1/s1. The van der Waals surface area contributed by atoms with Crippen LogP contribution in [-0.4, -0.2) is 26.6 Å². The molecule has 0 bridgehead atoms. The lowest BCUT2D eigenvalue weighted by Crippen LogP contribution is -2.50. The van der Waals surface area contributed by atoms with Crippen LogP contribution in [0.1, 0.15) is 38.3 Å². The normalized spacial score (nSPS) is 13.6. The Balaban J connectivity index is 2.34. The van der Waals surface area contributed by atoms with E-state index in [9.17, 15) is 13.2 Å². The van der Waals surface area contributed by atoms with Crippen molar-refractivity contribution in [3.8, 4) is 0 Å². The van der Waals surface area contributed by atoms with Gasteiger partial charge in [0.1, 0.15) is 6.04 Å². The minimum Gasteiger partial charge on any atom is -0.347 e. The molecule has 0 radical (unpaired) electrons. The summed E-state index contributed by atoms with van der Waals surface area (Å²) in [5.41, 5.74) is 1.36. The van der Waals surface area contributed by atoms with Gasteiger partial charge in [-0.2, -0.15) is 0 Å². The van der Waals surface area contributed by atoms with Gasteiger partial charge < -0.3 is 5.32 Å². The highest BCUT2D eigenvalue weighted by molar-refractivity contribution is 7.92. The molecule has 5 nitrogen and oxygen atoms in total. The quantitative estimate of drug-likeness (QED) is 0.713. The number of hydrogen-bond acceptors (Lipinski definition) is 3. The number of sulfonamides is 1. The first kappa shape index (κ1) is 21.3. The Bertz CT molecular complexity index is 872. The van der Waals surface area contributed by atoms with E-state index < -0.39 is 16.1 Å². The molecule has 2 aromatic carbocycles. The lowest BCUT2D eigenvalue weighted by Gasteiger charge is -2.31. The Kier molecular flexibility index (Phi) is 7.27. The molecule has 0 aliphatic heterocycles. The van der Waals surface area contributed by atoms with Gasteiger partial charge in [0.05, 0.1) is 18.0 Å². The van der Waals surface area contributed by atoms with Crippen LogP contribution in [0.25, 0.3) is 0 Å². The van der Waals surface area contributed by atoms with Crippen molar-refractivity contribution in [2.24, 2.45) is 0 Å². The van der Waals surface area contributed by atoms with Crippen LogP contribution in [0.15, 0.2) is 54.6 Å². The number of hydrogen-bond donors (Lipinski definition) is 1. The van der Waals surface area contributed by atoms with Crippen molar-refractivity contribution in [2.45, 2.75) is 38.8 Å². The number of rotatable bonds is 8. The molecule has 0 saturated heterocycles. The van der Waals surface area contributed by atoms with Crippen LogP contribution in [0.4, 0.5) is 5.69 Å². The second-order valence-corrected chi connectivity index (χ2v) is 8.64. The predicted octanol–water partition coefficient (Wildman–Crippen LogP) is 4.15. The number of nitrogens with zero attached hydrogens (tertiary/aromatic N) is 1. The summed E-state index contributed by atoms with van der Waals surface area (Å²) in [7, 11) is -3.68. The SMILES string of the molecule is CC[C@@H](NC(=O)[C@H](CC)N(c1cccc(Cl)c1)S(C)(=O)=O)c1ccccc1. The Morgan fingerprint density at radius 2 is 1.74 bits per heavy atom. The first-order valence-corrected chi connectivity index (χ1v) is 11.1. The highest BCUT2D eigenvalue weighted by Crippen LogP contribution is 2.26. The summed E-state index contributed by atoms with van der Waals surface area (Å²) >= 11 is 6.03. The molecule has 0 aliphatic carbocycles. The van der Waals surface area contributed by atoms with Crippen molar-refractivity contribution < 1.29 is 13.2 Å². The van der Waals surface area contributed by atoms with Gasteiger partial charge in [-0.05, 0) is 36.6 Å². The van der Waals surface area contributed by atoms with Gasteiger partial charge in [0.25, 0.3) is 0 Å². The van der Waals surface area contributed by atoms with Gasteiger partial charge >= 0.3 is 0 Å². The Morgan fingerprint density at radius 1 is 1.07 bits per heavy atom. The highest BCUT2D eigenvalue weighted by atomic mass is 35.5. The Hall–Kier alpha value is -2.05. The maximum atomic E-state index is 13.0. The Morgan fingerprint density at radius 3 is 2.26 bits per heavy atom. The number of benzene rings is 2. The average molecular weight is 409 g/mol. The van der Waals surface area contributed by atoms with Crippen LogP contribution in [-0.2, 0) is 14.8 Å². The van der Waals surface area contributed by atoms with Crippen LogP contribution >= 0.6 is 11.6 Å². The van der Waals surface area contributed by atoms with E-state index in [2.05, 4.69) is 5.32 Å². The number of halogens is 1. The number of carbonyl (C=O) groups excluding carboxylic acids is 1. The van der Waals surface area contributed by atoms with Gasteiger partial charge in [-0.1, -0.05) is 61.8 Å². The van der Waals surface area contributed by atoms with Crippen molar-refractivity contribution >= 4 is 33.2 Å². The average Bonchev–Trinajstić information content (AvgIpc) is 2.63. The zero-order valence-corrected chi connectivity index (χ0v) is 17.3. The molecule has 7 heteroatoms. The minimum atomic E-state index is -3.68. The molecule has 2 rings (SSSR count). The summed E-state index contributed by atoms with van der Waals surface area (Å²) < 4.78 is 26.1. The molecule has 1 amide bonds. The fraction of sp³-hybridized carbons (Fsp3) is 0.350.